The van der Waals surface area contributed by atoms with Gasteiger partial charge in [-0.15, -0.1) is 0 Å². The molecule has 3 heterocycles. The Kier molecular flexibility index (Phi) is 5.95. The zero-order valence-electron chi connectivity index (χ0n) is 19.9. The number of hydrogen-bond donors (Lipinski definition) is 4. The number of rotatable bonds is 7. The Hall–Kier alpha value is -5.51. The molecule has 38 heavy (non-hydrogen) atoms. The lowest BCUT2D eigenvalue weighted by atomic mass is 10.1. The molecule has 2 amide bonds. The lowest BCUT2D eigenvalue weighted by molar-refractivity contribution is 0.101. The molecule has 0 unspecified atom stereocenters. The van der Waals surface area contributed by atoms with Gasteiger partial charge in [0, 0.05) is 24.0 Å². The van der Waals surface area contributed by atoms with Crippen molar-refractivity contribution in [1.82, 2.24) is 24.9 Å². The minimum atomic E-state index is -0.433. The molecule has 10 heteroatoms. The number of imidazole rings is 2. The van der Waals surface area contributed by atoms with Gasteiger partial charge in [0.15, 0.2) is 0 Å². The molecule has 186 valence electrons. The van der Waals surface area contributed by atoms with E-state index < -0.39 is 5.91 Å². The van der Waals surface area contributed by atoms with Gasteiger partial charge in [-0.2, -0.15) is 0 Å². The summed E-state index contributed by atoms with van der Waals surface area (Å²) in [5.74, 6) is 0.438. The molecule has 0 bridgehead atoms. The van der Waals surface area contributed by atoms with Crippen LogP contribution in [0.3, 0.4) is 0 Å². The number of anilines is 2. The number of ether oxygens (including phenoxy) is 1. The average Bonchev–Trinajstić information content (AvgIpc) is 3.61. The van der Waals surface area contributed by atoms with Crippen LogP contribution in [0.15, 0.2) is 91.4 Å². The van der Waals surface area contributed by atoms with Gasteiger partial charge in [0.2, 0.25) is 11.9 Å². The molecular weight excluding hydrogens is 482 g/mol. The van der Waals surface area contributed by atoms with Crippen LogP contribution in [0.2, 0.25) is 0 Å². The molecule has 6 aromatic rings. The highest BCUT2D eigenvalue weighted by atomic mass is 16.5. The van der Waals surface area contributed by atoms with Crippen molar-refractivity contribution in [2.75, 3.05) is 10.6 Å². The number of carbonyl (C=O) groups excluding carboxylic acids is 2. The number of carbonyl (C=O) groups is 2. The lowest BCUT2D eigenvalue weighted by Crippen LogP contribution is -2.15. The number of aromatic nitrogens is 5. The van der Waals surface area contributed by atoms with Crippen LogP contribution in [0.4, 0.5) is 11.9 Å². The second-order valence-corrected chi connectivity index (χ2v) is 8.49. The quantitative estimate of drug-likeness (QED) is 0.244. The van der Waals surface area contributed by atoms with E-state index in [1.165, 1.54) is 6.20 Å². The summed E-state index contributed by atoms with van der Waals surface area (Å²) in [6.45, 7) is 0.462. The largest absolute Gasteiger partial charge is 0.489 e. The van der Waals surface area contributed by atoms with Crippen molar-refractivity contribution >= 4 is 45.5 Å². The summed E-state index contributed by atoms with van der Waals surface area (Å²) in [5.41, 5.74) is 2.66. The van der Waals surface area contributed by atoms with E-state index in [2.05, 4.69) is 35.6 Å². The van der Waals surface area contributed by atoms with E-state index >= 15 is 0 Å². The SMILES string of the molecule is O=C(Nc1nc2c(C(=O)Nc3ncc[nH]3)cccc2[nH]1)c1cc2ccc(OCc3ccccc3)cc2cn1. The van der Waals surface area contributed by atoms with Gasteiger partial charge in [-0.3, -0.25) is 25.2 Å². The second-order valence-electron chi connectivity index (χ2n) is 8.49. The van der Waals surface area contributed by atoms with Gasteiger partial charge in [0.1, 0.15) is 23.6 Å². The number of amides is 2. The highest BCUT2D eigenvalue weighted by Crippen LogP contribution is 2.23. The number of aromatic amines is 2. The van der Waals surface area contributed by atoms with E-state index in [1.54, 1.807) is 36.7 Å². The fraction of sp³-hybridized carbons (Fsp3) is 0.0357. The Bertz CT molecular complexity index is 1760. The number of para-hydroxylation sites is 1. The molecular formula is C28H21N7O3. The monoisotopic (exact) mass is 503 g/mol. The first-order valence-corrected chi connectivity index (χ1v) is 11.8. The molecule has 4 N–H and O–H groups in total. The topological polar surface area (TPSA) is 138 Å². The number of nitrogens with one attached hydrogen (secondary N) is 4. The van der Waals surface area contributed by atoms with E-state index in [1.807, 2.05) is 48.5 Å². The molecule has 0 aliphatic rings. The van der Waals surface area contributed by atoms with Crippen molar-refractivity contribution in [3.8, 4) is 5.75 Å². The second kappa shape index (κ2) is 9.86. The number of hydrogen-bond acceptors (Lipinski definition) is 6. The number of fused-ring (bicyclic) bond motifs is 2. The Balaban J connectivity index is 1.17. The highest BCUT2D eigenvalue weighted by Gasteiger charge is 2.17. The first-order chi connectivity index (χ1) is 18.6. The number of H-pyrrole nitrogens is 2. The lowest BCUT2D eigenvalue weighted by Gasteiger charge is -2.08. The van der Waals surface area contributed by atoms with Crippen LogP contribution in [0.25, 0.3) is 21.8 Å². The van der Waals surface area contributed by atoms with Crippen molar-refractivity contribution in [3.63, 3.8) is 0 Å². The van der Waals surface area contributed by atoms with Gasteiger partial charge >= 0.3 is 0 Å². The molecule has 0 fully saturated rings. The van der Waals surface area contributed by atoms with Gasteiger partial charge in [-0.25, -0.2) is 9.97 Å². The zero-order valence-corrected chi connectivity index (χ0v) is 19.9. The van der Waals surface area contributed by atoms with Gasteiger partial charge in [-0.05, 0) is 41.3 Å². The Morgan fingerprint density at radius 3 is 2.55 bits per heavy atom. The van der Waals surface area contributed by atoms with Crippen LogP contribution in [0.1, 0.15) is 26.4 Å². The first-order valence-electron chi connectivity index (χ1n) is 11.8. The summed E-state index contributed by atoms with van der Waals surface area (Å²) in [4.78, 5) is 44.3. The summed E-state index contributed by atoms with van der Waals surface area (Å²) in [5, 5.41) is 7.10. The fourth-order valence-electron chi connectivity index (χ4n) is 4.03. The minimum Gasteiger partial charge on any atom is -0.489 e. The van der Waals surface area contributed by atoms with Gasteiger partial charge in [-0.1, -0.05) is 42.5 Å². The molecule has 3 aromatic carbocycles. The van der Waals surface area contributed by atoms with E-state index in [0.717, 1.165) is 22.1 Å². The highest BCUT2D eigenvalue weighted by molar-refractivity contribution is 6.11. The number of benzene rings is 3. The van der Waals surface area contributed by atoms with Crippen LogP contribution < -0.4 is 15.4 Å². The van der Waals surface area contributed by atoms with Crippen molar-refractivity contribution < 1.29 is 14.3 Å². The maximum absolute atomic E-state index is 12.9. The van der Waals surface area contributed by atoms with Gasteiger partial charge < -0.3 is 14.7 Å². The molecule has 6 rings (SSSR count). The molecule has 0 saturated heterocycles. The number of pyridine rings is 1. The Labute approximate surface area is 216 Å². The Morgan fingerprint density at radius 2 is 1.71 bits per heavy atom. The molecule has 3 aromatic heterocycles. The van der Waals surface area contributed by atoms with Crippen molar-refractivity contribution in [2.45, 2.75) is 6.61 Å². The molecule has 10 nitrogen and oxygen atoms in total. The van der Waals surface area contributed by atoms with Crippen LogP contribution >= 0.6 is 0 Å². The van der Waals surface area contributed by atoms with Crippen molar-refractivity contribution in [2.24, 2.45) is 0 Å². The summed E-state index contributed by atoms with van der Waals surface area (Å²) in [7, 11) is 0. The summed E-state index contributed by atoms with van der Waals surface area (Å²) in [6.07, 6.45) is 4.78. The normalized spacial score (nSPS) is 10.9. The first kappa shape index (κ1) is 22.9. The summed E-state index contributed by atoms with van der Waals surface area (Å²) >= 11 is 0. The van der Waals surface area contributed by atoms with Gasteiger partial charge in [0.25, 0.3) is 11.8 Å². The maximum atomic E-state index is 12.9. The fourth-order valence-corrected chi connectivity index (χ4v) is 4.03. The van der Waals surface area contributed by atoms with Crippen LogP contribution in [-0.2, 0) is 6.61 Å². The van der Waals surface area contributed by atoms with E-state index in [4.69, 9.17) is 4.74 Å². The molecule has 0 saturated carbocycles. The molecule has 0 spiro atoms. The smallest absolute Gasteiger partial charge is 0.276 e. The molecule has 0 radical (unpaired) electrons. The number of nitrogens with zero attached hydrogens (tertiary/aromatic N) is 3. The third-order valence-electron chi connectivity index (χ3n) is 5.89. The molecule has 0 atom stereocenters. The van der Waals surface area contributed by atoms with Crippen LogP contribution in [0.5, 0.6) is 5.75 Å². The Morgan fingerprint density at radius 1 is 0.842 bits per heavy atom. The maximum Gasteiger partial charge on any atom is 0.276 e. The third-order valence-corrected chi connectivity index (χ3v) is 5.89. The van der Waals surface area contributed by atoms with E-state index in [-0.39, 0.29) is 17.5 Å². The average molecular weight is 504 g/mol. The summed E-state index contributed by atoms with van der Waals surface area (Å²) in [6, 6.07) is 22.4. The van der Waals surface area contributed by atoms with Crippen LogP contribution in [-0.4, -0.2) is 36.7 Å². The zero-order chi connectivity index (χ0) is 25.9. The third kappa shape index (κ3) is 4.78. The molecule has 0 aliphatic heterocycles. The van der Waals surface area contributed by atoms with Crippen molar-refractivity contribution in [3.05, 3.63) is 108 Å². The minimum absolute atomic E-state index is 0.204. The standard InChI is InChI=1S/C28H21N7O3/c36-25(34-27-29-11-12-30-27)21-7-4-8-22-24(21)33-28(32-22)35-26(37)23-14-18-9-10-20(13-19(18)15-31-23)38-16-17-5-2-1-3-6-17/h1-15H,16H2,(H2,29,30,34,36)(H2,32,33,35,37). The molecule has 0 aliphatic carbocycles. The van der Waals surface area contributed by atoms with E-state index in [0.29, 0.717) is 29.2 Å². The van der Waals surface area contributed by atoms with Crippen molar-refractivity contribution in [1.29, 1.82) is 0 Å². The van der Waals surface area contributed by atoms with Gasteiger partial charge in [0.05, 0.1) is 11.1 Å². The van der Waals surface area contributed by atoms with E-state index in [9.17, 15) is 9.59 Å². The predicted octanol–water partition coefficient (Wildman–Crippen LogP) is 4.92. The predicted molar refractivity (Wildman–Crippen MR) is 143 cm³/mol. The van der Waals surface area contributed by atoms with Crippen LogP contribution in [0, 0.1) is 0 Å². The summed E-state index contributed by atoms with van der Waals surface area (Å²) < 4.78 is 5.89.